The van der Waals surface area contributed by atoms with E-state index in [4.69, 9.17) is 0 Å². The van der Waals surface area contributed by atoms with Crippen molar-refractivity contribution in [1.82, 2.24) is 9.62 Å². The lowest BCUT2D eigenvalue weighted by molar-refractivity contribution is 0.102. The number of rotatable bonds is 3. The molecule has 3 aliphatic rings. The number of nitrogens with one attached hydrogen (secondary N) is 1. The third-order valence-electron chi connectivity index (χ3n) is 5.91. The predicted octanol–water partition coefficient (Wildman–Crippen LogP) is 2.50. The molecule has 0 amide bonds. The number of piperidine rings is 2. The first kappa shape index (κ1) is 15.8. The highest BCUT2D eigenvalue weighted by Gasteiger charge is 2.39. The van der Waals surface area contributed by atoms with Gasteiger partial charge in [0.15, 0.2) is 0 Å². The predicted molar refractivity (Wildman–Crippen MR) is 85.8 cm³/mol. The van der Waals surface area contributed by atoms with Crippen LogP contribution in [0.1, 0.15) is 64.2 Å². The molecular weight excluding hydrogens is 284 g/mol. The molecule has 1 aliphatic carbocycles. The van der Waals surface area contributed by atoms with E-state index in [0.29, 0.717) is 11.2 Å². The molecule has 2 aliphatic heterocycles. The van der Waals surface area contributed by atoms with Gasteiger partial charge in [-0.05, 0) is 50.5 Å². The summed E-state index contributed by atoms with van der Waals surface area (Å²) >= 11 is 0. The fourth-order valence-electron chi connectivity index (χ4n) is 4.47. The second kappa shape index (κ2) is 6.55. The van der Waals surface area contributed by atoms with Gasteiger partial charge in [-0.25, -0.2) is 12.7 Å². The molecule has 122 valence electrons. The fourth-order valence-corrected chi connectivity index (χ4v) is 6.21. The molecule has 0 radical (unpaired) electrons. The number of sulfonamides is 1. The number of hydrogen-bond donors (Lipinski definition) is 1. The summed E-state index contributed by atoms with van der Waals surface area (Å²) < 4.78 is 27.0. The minimum absolute atomic E-state index is 0.175. The molecule has 1 atom stereocenters. The molecule has 0 aromatic carbocycles. The molecule has 1 unspecified atom stereocenters. The van der Waals surface area contributed by atoms with Gasteiger partial charge in [-0.1, -0.05) is 25.7 Å². The summed E-state index contributed by atoms with van der Waals surface area (Å²) in [5, 5.41) is 3.37. The molecular formula is C16H30N2O2S. The summed E-state index contributed by atoms with van der Waals surface area (Å²) in [5.74, 6) is 0.306. The minimum atomic E-state index is -3.07. The maximum Gasteiger partial charge on any atom is 0.215 e. The Morgan fingerprint density at radius 2 is 1.67 bits per heavy atom. The zero-order valence-electron chi connectivity index (χ0n) is 13.1. The van der Waals surface area contributed by atoms with Crippen molar-refractivity contribution in [2.45, 2.75) is 70.3 Å². The van der Waals surface area contributed by atoms with Crippen molar-refractivity contribution in [3.63, 3.8) is 0 Å². The van der Waals surface area contributed by atoms with Crippen molar-refractivity contribution < 1.29 is 8.42 Å². The molecule has 0 bridgehead atoms. The van der Waals surface area contributed by atoms with Crippen LogP contribution in [0.2, 0.25) is 0 Å². The lowest BCUT2D eigenvalue weighted by atomic mass is 9.68. The zero-order valence-corrected chi connectivity index (χ0v) is 14.0. The first-order chi connectivity index (χ1) is 10.1. The van der Waals surface area contributed by atoms with Crippen LogP contribution in [0.5, 0.6) is 0 Å². The van der Waals surface area contributed by atoms with Crippen molar-refractivity contribution in [2.24, 2.45) is 5.41 Å². The molecule has 1 saturated carbocycles. The standard InChI is InChI=1S/C16H30N2O2S/c19-21(20,14-15-6-2-5-11-17-15)18-12-9-16(10-13-18)7-3-1-4-8-16/h15,17H,1-14H2. The van der Waals surface area contributed by atoms with Gasteiger partial charge in [0.25, 0.3) is 0 Å². The quantitative estimate of drug-likeness (QED) is 0.871. The zero-order chi connectivity index (χ0) is 14.8. The van der Waals surface area contributed by atoms with Crippen LogP contribution in [0.15, 0.2) is 0 Å². The van der Waals surface area contributed by atoms with Gasteiger partial charge in [0, 0.05) is 19.1 Å². The molecule has 4 nitrogen and oxygen atoms in total. The molecule has 3 rings (SSSR count). The van der Waals surface area contributed by atoms with E-state index in [1.165, 1.54) is 38.5 Å². The van der Waals surface area contributed by atoms with Crippen LogP contribution < -0.4 is 5.32 Å². The van der Waals surface area contributed by atoms with Crippen molar-refractivity contribution in [1.29, 1.82) is 0 Å². The molecule has 5 heteroatoms. The van der Waals surface area contributed by atoms with E-state index in [0.717, 1.165) is 45.3 Å². The van der Waals surface area contributed by atoms with Crippen LogP contribution >= 0.6 is 0 Å². The largest absolute Gasteiger partial charge is 0.313 e. The van der Waals surface area contributed by atoms with Gasteiger partial charge in [0.05, 0.1) is 5.75 Å². The fraction of sp³-hybridized carbons (Fsp3) is 1.00. The lowest BCUT2D eigenvalue weighted by Crippen LogP contribution is -2.48. The minimum Gasteiger partial charge on any atom is -0.313 e. The van der Waals surface area contributed by atoms with Gasteiger partial charge < -0.3 is 5.32 Å². The first-order valence-corrected chi connectivity index (χ1v) is 10.4. The van der Waals surface area contributed by atoms with Crippen LogP contribution in [0.25, 0.3) is 0 Å². The van der Waals surface area contributed by atoms with Crippen molar-refractivity contribution in [2.75, 3.05) is 25.4 Å². The van der Waals surface area contributed by atoms with Crippen molar-refractivity contribution in [3.8, 4) is 0 Å². The van der Waals surface area contributed by atoms with Crippen LogP contribution in [0, 0.1) is 5.41 Å². The molecule has 1 spiro atoms. The number of nitrogens with zero attached hydrogens (tertiary/aromatic N) is 1. The van der Waals surface area contributed by atoms with Gasteiger partial charge in [-0.2, -0.15) is 0 Å². The van der Waals surface area contributed by atoms with Crippen LogP contribution in [0.3, 0.4) is 0 Å². The maximum absolute atomic E-state index is 12.6. The summed E-state index contributed by atoms with van der Waals surface area (Å²) in [6.07, 6.45) is 12.2. The van der Waals surface area contributed by atoms with Gasteiger partial charge in [0.2, 0.25) is 10.0 Å². The molecule has 21 heavy (non-hydrogen) atoms. The Morgan fingerprint density at radius 3 is 2.29 bits per heavy atom. The van der Waals surface area contributed by atoms with Gasteiger partial charge in [0.1, 0.15) is 0 Å². The molecule has 1 N–H and O–H groups in total. The van der Waals surface area contributed by atoms with E-state index < -0.39 is 10.0 Å². The Balaban J connectivity index is 1.54. The summed E-state index contributed by atoms with van der Waals surface area (Å²) in [7, 11) is -3.07. The monoisotopic (exact) mass is 314 g/mol. The first-order valence-electron chi connectivity index (χ1n) is 8.81. The van der Waals surface area contributed by atoms with E-state index >= 15 is 0 Å². The maximum atomic E-state index is 12.6. The summed E-state index contributed by atoms with van der Waals surface area (Å²) in [4.78, 5) is 0. The average molecular weight is 314 g/mol. The molecule has 2 heterocycles. The molecule has 2 saturated heterocycles. The summed E-state index contributed by atoms with van der Waals surface area (Å²) in [6, 6.07) is 0.175. The Bertz CT molecular complexity index is 427. The summed E-state index contributed by atoms with van der Waals surface area (Å²) in [6.45, 7) is 2.49. The third-order valence-corrected chi connectivity index (χ3v) is 7.89. The topological polar surface area (TPSA) is 49.4 Å². The van der Waals surface area contributed by atoms with Crippen molar-refractivity contribution >= 4 is 10.0 Å². The van der Waals surface area contributed by atoms with E-state index in [9.17, 15) is 8.42 Å². The Hall–Kier alpha value is -0.130. The Kier molecular flexibility index (Phi) is 4.91. The van der Waals surface area contributed by atoms with Gasteiger partial charge >= 0.3 is 0 Å². The molecule has 0 aromatic heterocycles. The highest BCUT2D eigenvalue weighted by atomic mass is 32.2. The smallest absolute Gasteiger partial charge is 0.215 e. The van der Waals surface area contributed by atoms with Gasteiger partial charge in [-0.15, -0.1) is 0 Å². The van der Waals surface area contributed by atoms with E-state index in [1.54, 1.807) is 4.31 Å². The second-order valence-electron chi connectivity index (χ2n) is 7.39. The van der Waals surface area contributed by atoms with E-state index in [2.05, 4.69) is 5.32 Å². The van der Waals surface area contributed by atoms with E-state index in [-0.39, 0.29) is 6.04 Å². The molecule has 0 aromatic rings. The Morgan fingerprint density at radius 1 is 0.952 bits per heavy atom. The third kappa shape index (κ3) is 3.80. The van der Waals surface area contributed by atoms with E-state index in [1.807, 2.05) is 0 Å². The molecule has 3 fully saturated rings. The highest BCUT2D eigenvalue weighted by Crippen LogP contribution is 2.44. The van der Waals surface area contributed by atoms with Crippen LogP contribution in [-0.2, 0) is 10.0 Å². The van der Waals surface area contributed by atoms with Crippen LogP contribution in [0.4, 0.5) is 0 Å². The highest BCUT2D eigenvalue weighted by molar-refractivity contribution is 7.89. The number of hydrogen-bond acceptors (Lipinski definition) is 3. The lowest BCUT2D eigenvalue weighted by Gasteiger charge is -2.44. The Labute approximate surface area is 129 Å². The van der Waals surface area contributed by atoms with Crippen LogP contribution in [-0.4, -0.2) is 44.2 Å². The average Bonchev–Trinajstić information content (AvgIpc) is 2.49. The van der Waals surface area contributed by atoms with Gasteiger partial charge in [-0.3, -0.25) is 0 Å². The van der Waals surface area contributed by atoms with Crippen molar-refractivity contribution in [3.05, 3.63) is 0 Å². The normalized spacial score (nSPS) is 31.3. The second-order valence-corrected chi connectivity index (χ2v) is 9.40. The SMILES string of the molecule is O=S(=O)(CC1CCCCN1)N1CCC2(CCCCC2)CC1. The summed E-state index contributed by atoms with van der Waals surface area (Å²) in [5.41, 5.74) is 0.480.